The molecule has 0 unspecified atom stereocenters. The zero-order valence-corrected chi connectivity index (χ0v) is 10.1. The summed E-state index contributed by atoms with van der Waals surface area (Å²) in [5, 5.41) is 2.78. The fourth-order valence-electron chi connectivity index (χ4n) is 2.13. The van der Waals surface area contributed by atoms with Gasteiger partial charge >= 0.3 is 0 Å². The van der Waals surface area contributed by atoms with Crippen molar-refractivity contribution in [3.8, 4) is 0 Å². The Kier molecular flexibility index (Phi) is 2.79. The summed E-state index contributed by atoms with van der Waals surface area (Å²) in [5.74, 6) is 0.0453. The molecule has 0 saturated carbocycles. The van der Waals surface area contributed by atoms with Crippen molar-refractivity contribution in [3.63, 3.8) is 0 Å². The molecule has 5 nitrogen and oxygen atoms in total. The number of carbonyl (C=O) groups is 2. The highest BCUT2D eigenvalue weighted by molar-refractivity contribution is 6.04. The normalized spacial score (nSPS) is 13.9. The number of anilines is 2. The van der Waals surface area contributed by atoms with Crippen LogP contribution >= 0.6 is 0 Å². The first-order valence-electron chi connectivity index (χ1n) is 5.94. The number of para-hydroxylation sites is 2. The predicted molar refractivity (Wildman–Crippen MR) is 70.3 cm³/mol. The molecule has 0 radical (unpaired) electrons. The molecule has 2 heterocycles. The van der Waals surface area contributed by atoms with Gasteiger partial charge in [-0.3, -0.25) is 9.59 Å². The van der Waals surface area contributed by atoms with Crippen molar-refractivity contribution in [1.29, 1.82) is 0 Å². The number of carbonyl (C=O) groups excluding carboxylic acids is 2. The van der Waals surface area contributed by atoms with Gasteiger partial charge in [0.1, 0.15) is 0 Å². The molecular formula is C14H12N2O3. The van der Waals surface area contributed by atoms with E-state index in [-0.39, 0.29) is 24.8 Å². The monoisotopic (exact) mass is 256 g/mol. The van der Waals surface area contributed by atoms with Crippen LogP contribution in [0.4, 0.5) is 11.4 Å². The maximum atomic E-state index is 12.0. The summed E-state index contributed by atoms with van der Waals surface area (Å²) in [7, 11) is 0. The number of amides is 1. The molecule has 1 aromatic heterocycles. The third-order valence-corrected chi connectivity index (χ3v) is 2.98. The number of hydrogen-bond acceptors (Lipinski definition) is 4. The Morgan fingerprint density at radius 3 is 2.89 bits per heavy atom. The molecule has 0 spiro atoms. The Morgan fingerprint density at radius 1 is 1.26 bits per heavy atom. The van der Waals surface area contributed by atoms with Gasteiger partial charge in [-0.05, 0) is 24.3 Å². The van der Waals surface area contributed by atoms with Crippen molar-refractivity contribution in [1.82, 2.24) is 0 Å². The summed E-state index contributed by atoms with van der Waals surface area (Å²) in [5.41, 5.74) is 1.58. The molecule has 1 aliphatic heterocycles. The molecule has 0 fully saturated rings. The number of furan rings is 1. The molecule has 0 saturated heterocycles. The van der Waals surface area contributed by atoms with Crippen LogP contribution in [0.15, 0.2) is 47.1 Å². The van der Waals surface area contributed by atoms with E-state index >= 15 is 0 Å². The highest BCUT2D eigenvalue weighted by atomic mass is 16.3. The van der Waals surface area contributed by atoms with E-state index in [1.807, 2.05) is 24.3 Å². The smallest absolute Gasteiger partial charge is 0.243 e. The van der Waals surface area contributed by atoms with Crippen LogP contribution in [0, 0.1) is 0 Å². The van der Waals surface area contributed by atoms with Crippen LogP contribution in [-0.2, 0) is 4.79 Å². The molecule has 96 valence electrons. The number of ketones is 1. The lowest BCUT2D eigenvalue weighted by atomic mass is 10.1. The fraction of sp³-hybridized carbons (Fsp3) is 0.143. The summed E-state index contributed by atoms with van der Waals surface area (Å²) in [4.78, 5) is 25.4. The zero-order valence-electron chi connectivity index (χ0n) is 10.1. The highest BCUT2D eigenvalue weighted by Gasteiger charge is 2.24. The third kappa shape index (κ3) is 2.22. The van der Waals surface area contributed by atoms with E-state index in [9.17, 15) is 9.59 Å². The number of nitrogens with zero attached hydrogens (tertiary/aromatic N) is 1. The molecule has 1 aliphatic rings. The average Bonchev–Trinajstić information content (AvgIpc) is 2.92. The van der Waals surface area contributed by atoms with Gasteiger partial charge in [-0.2, -0.15) is 0 Å². The summed E-state index contributed by atoms with van der Waals surface area (Å²) >= 11 is 0. The van der Waals surface area contributed by atoms with Crippen LogP contribution in [0.3, 0.4) is 0 Å². The number of fused-ring (bicyclic) bond motifs is 1. The predicted octanol–water partition coefficient (Wildman–Crippen LogP) is 1.92. The molecular weight excluding hydrogens is 244 g/mol. The van der Waals surface area contributed by atoms with Gasteiger partial charge in [0.2, 0.25) is 11.7 Å². The summed E-state index contributed by atoms with van der Waals surface area (Å²) < 4.78 is 5.07. The minimum atomic E-state index is -0.144. The van der Waals surface area contributed by atoms with Crippen molar-refractivity contribution in [2.45, 2.75) is 0 Å². The minimum Gasteiger partial charge on any atom is -0.461 e. The summed E-state index contributed by atoms with van der Waals surface area (Å²) in [6.07, 6.45) is 1.46. The first kappa shape index (κ1) is 11.5. The maximum absolute atomic E-state index is 12.0. The van der Waals surface area contributed by atoms with E-state index in [1.165, 1.54) is 6.26 Å². The lowest BCUT2D eigenvalue weighted by Crippen LogP contribution is -2.41. The van der Waals surface area contributed by atoms with Crippen LogP contribution in [0.25, 0.3) is 0 Å². The molecule has 1 amide bonds. The lowest BCUT2D eigenvalue weighted by Gasteiger charge is -2.29. The molecule has 3 rings (SSSR count). The van der Waals surface area contributed by atoms with Gasteiger partial charge in [-0.25, -0.2) is 0 Å². The van der Waals surface area contributed by atoms with Crippen LogP contribution in [0.1, 0.15) is 10.6 Å². The Morgan fingerprint density at radius 2 is 2.11 bits per heavy atom. The van der Waals surface area contributed by atoms with Crippen molar-refractivity contribution < 1.29 is 14.0 Å². The third-order valence-electron chi connectivity index (χ3n) is 2.98. The molecule has 1 N–H and O–H groups in total. The molecule has 0 aliphatic carbocycles. The van der Waals surface area contributed by atoms with E-state index in [0.29, 0.717) is 5.76 Å². The standard InChI is InChI=1S/C14H12N2O3/c17-12(13-6-3-7-19-13)8-16-9-14(18)15-10-4-1-2-5-11(10)16/h1-7H,8-9H2,(H,15,18). The van der Waals surface area contributed by atoms with Crippen molar-refractivity contribution in [3.05, 3.63) is 48.4 Å². The molecule has 19 heavy (non-hydrogen) atoms. The quantitative estimate of drug-likeness (QED) is 0.852. The summed E-state index contributed by atoms with van der Waals surface area (Å²) in [6, 6.07) is 10.7. The largest absolute Gasteiger partial charge is 0.461 e. The van der Waals surface area contributed by atoms with Gasteiger partial charge < -0.3 is 14.6 Å². The topological polar surface area (TPSA) is 62.6 Å². The number of rotatable bonds is 3. The number of nitrogens with one attached hydrogen (secondary N) is 1. The second-order valence-corrected chi connectivity index (χ2v) is 4.32. The molecule has 5 heteroatoms. The molecule has 0 bridgehead atoms. The van der Waals surface area contributed by atoms with Crippen LogP contribution < -0.4 is 10.2 Å². The number of hydrogen-bond donors (Lipinski definition) is 1. The summed E-state index contributed by atoms with van der Waals surface area (Å²) in [6.45, 7) is 0.293. The number of Topliss-reactive ketones (excluding diaryl/α,β-unsaturated/α-hetero) is 1. The number of benzene rings is 1. The molecule has 1 aromatic carbocycles. The van der Waals surface area contributed by atoms with Gasteiger partial charge in [0, 0.05) is 0 Å². The van der Waals surface area contributed by atoms with Crippen LogP contribution in [0.5, 0.6) is 0 Å². The Bertz CT molecular complexity index is 619. The highest BCUT2D eigenvalue weighted by Crippen LogP contribution is 2.28. The Hall–Kier alpha value is -2.56. The second kappa shape index (κ2) is 4.61. The maximum Gasteiger partial charge on any atom is 0.243 e. The van der Waals surface area contributed by atoms with Crippen LogP contribution in [0.2, 0.25) is 0 Å². The van der Waals surface area contributed by atoms with E-state index in [1.54, 1.807) is 17.0 Å². The molecule has 2 aromatic rings. The van der Waals surface area contributed by atoms with E-state index in [2.05, 4.69) is 5.32 Å². The van der Waals surface area contributed by atoms with Gasteiger partial charge in [0.25, 0.3) is 0 Å². The SMILES string of the molecule is O=C1CN(CC(=O)c2ccco2)c2ccccc2N1. The van der Waals surface area contributed by atoms with Gasteiger partial charge in [-0.15, -0.1) is 0 Å². The van der Waals surface area contributed by atoms with Crippen LogP contribution in [-0.4, -0.2) is 24.8 Å². The van der Waals surface area contributed by atoms with Gasteiger partial charge in [0.05, 0.1) is 30.7 Å². The van der Waals surface area contributed by atoms with Crippen molar-refractivity contribution in [2.24, 2.45) is 0 Å². The van der Waals surface area contributed by atoms with E-state index in [0.717, 1.165) is 11.4 Å². The first-order chi connectivity index (χ1) is 9.24. The first-order valence-corrected chi connectivity index (χ1v) is 5.94. The van der Waals surface area contributed by atoms with Gasteiger partial charge in [-0.1, -0.05) is 12.1 Å². The molecule has 0 atom stereocenters. The van der Waals surface area contributed by atoms with Crippen molar-refractivity contribution in [2.75, 3.05) is 23.3 Å². The van der Waals surface area contributed by atoms with Gasteiger partial charge in [0.15, 0.2) is 5.76 Å². The Balaban J connectivity index is 1.85. The average molecular weight is 256 g/mol. The van der Waals surface area contributed by atoms with E-state index < -0.39 is 0 Å². The zero-order chi connectivity index (χ0) is 13.2. The minimum absolute atomic E-state index is 0.119. The van der Waals surface area contributed by atoms with E-state index in [4.69, 9.17) is 4.42 Å². The second-order valence-electron chi connectivity index (χ2n) is 4.32. The lowest BCUT2D eigenvalue weighted by molar-refractivity contribution is -0.115. The van der Waals surface area contributed by atoms with Crippen molar-refractivity contribution >= 4 is 23.1 Å². The fourth-order valence-corrected chi connectivity index (χ4v) is 2.13. The Labute approximate surface area is 109 Å².